The van der Waals surface area contributed by atoms with Gasteiger partial charge in [-0.3, -0.25) is 14.3 Å². The third-order valence-electron chi connectivity index (χ3n) is 2.91. The highest BCUT2D eigenvalue weighted by Crippen LogP contribution is 2.28. The molecular formula is C11H13ClN2O3S. The molecule has 1 N–H and O–H groups in total. The van der Waals surface area contributed by atoms with Crippen molar-refractivity contribution in [2.75, 3.05) is 16.8 Å². The Morgan fingerprint density at radius 1 is 1.39 bits per heavy atom. The van der Waals surface area contributed by atoms with E-state index >= 15 is 0 Å². The number of nitro groups is 1. The smallest absolute Gasteiger partial charge is 0.271 e. The van der Waals surface area contributed by atoms with Crippen molar-refractivity contribution < 1.29 is 9.13 Å². The SMILES string of the molecule is O=[N+]([O-])c1ccc(NC2CCS(=O)CC2)c(Cl)c1. The summed E-state index contributed by atoms with van der Waals surface area (Å²) in [6.07, 6.45) is 1.67. The zero-order valence-corrected chi connectivity index (χ0v) is 11.2. The minimum atomic E-state index is -0.696. The Morgan fingerprint density at radius 3 is 2.61 bits per heavy atom. The fourth-order valence-electron chi connectivity index (χ4n) is 1.89. The molecule has 0 aliphatic carbocycles. The van der Waals surface area contributed by atoms with E-state index in [1.165, 1.54) is 12.1 Å². The van der Waals surface area contributed by atoms with Gasteiger partial charge >= 0.3 is 0 Å². The first-order valence-electron chi connectivity index (χ1n) is 5.61. The molecule has 0 bridgehead atoms. The van der Waals surface area contributed by atoms with Gasteiger partial charge < -0.3 is 5.32 Å². The molecule has 18 heavy (non-hydrogen) atoms. The van der Waals surface area contributed by atoms with Gasteiger partial charge in [0.1, 0.15) is 0 Å². The van der Waals surface area contributed by atoms with Crippen molar-refractivity contribution in [3.63, 3.8) is 0 Å². The van der Waals surface area contributed by atoms with Crippen LogP contribution in [0.1, 0.15) is 12.8 Å². The number of benzene rings is 1. The summed E-state index contributed by atoms with van der Waals surface area (Å²) in [5.41, 5.74) is 0.676. The summed E-state index contributed by atoms with van der Waals surface area (Å²) in [7, 11) is -0.696. The van der Waals surface area contributed by atoms with Gasteiger partial charge in [0.15, 0.2) is 0 Å². The predicted molar refractivity (Wildman–Crippen MR) is 72.6 cm³/mol. The van der Waals surface area contributed by atoms with Crippen molar-refractivity contribution in [3.8, 4) is 0 Å². The fourth-order valence-corrected chi connectivity index (χ4v) is 3.42. The number of nitro benzene ring substituents is 1. The Bertz CT molecular complexity index is 485. The lowest BCUT2D eigenvalue weighted by Gasteiger charge is -2.24. The zero-order valence-electron chi connectivity index (χ0n) is 9.60. The van der Waals surface area contributed by atoms with E-state index in [0.717, 1.165) is 12.8 Å². The quantitative estimate of drug-likeness (QED) is 0.685. The molecule has 0 radical (unpaired) electrons. The minimum Gasteiger partial charge on any atom is -0.381 e. The molecule has 1 saturated heterocycles. The van der Waals surface area contributed by atoms with E-state index in [1.807, 2.05) is 0 Å². The molecule has 0 saturated carbocycles. The van der Waals surface area contributed by atoms with E-state index < -0.39 is 15.7 Å². The van der Waals surface area contributed by atoms with Crippen LogP contribution in [0.2, 0.25) is 5.02 Å². The second kappa shape index (κ2) is 5.67. The summed E-state index contributed by atoms with van der Waals surface area (Å²) >= 11 is 5.99. The van der Waals surface area contributed by atoms with Gasteiger partial charge in [-0.2, -0.15) is 0 Å². The highest BCUT2D eigenvalue weighted by molar-refractivity contribution is 7.85. The van der Waals surface area contributed by atoms with E-state index in [0.29, 0.717) is 22.2 Å². The molecule has 0 unspecified atom stereocenters. The van der Waals surface area contributed by atoms with Crippen LogP contribution in [0.4, 0.5) is 11.4 Å². The van der Waals surface area contributed by atoms with Crippen LogP contribution in [-0.4, -0.2) is 26.7 Å². The van der Waals surface area contributed by atoms with Crippen LogP contribution in [0.25, 0.3) is 0 Å². The third kappa shape index (κ3) is 3.20. The minimum absolute atomic E-state index is 0.0182. The summed E-state index contributed by atoms with van der Waals surface area (Å²) in [6, 6.07) is 4.62. The van der Waals surface area contributed by atoms with Gasteiger partial charge in [0.2, 0.25) is 0 Å². The number of rotatable bonds is 3. The Kier molecular flexibility index (Phi) is 4.19. The highest BCUT2D eigenvalue weighted by atomic mass is 35.5. The Labute approximate surface area is 112 Å². The number of anilines is 1. The van der Waals surface area contributed by atoms with E-state index in [4.69, 9.17) is 11.6 Å². The Morgan fingerprint density at radius 2 is 2.06 bits per heavy atom. The average Bonchev–Trinajstić information content (AvgIpc) is 2.34. The maximum Gasteiger partial charge on any atom is 0.271 e. The van der Waals surface area contributed by atoms with Crippen molar-refractivity contribution in [2.24, 2.45) is 0 Å². The molecule has 5 nitrogen and oxygen atoms in total. The van der Waals surface area contributed by atoms with Crippen molar-refractivity contribution in [2.45, 2.75) is 18.9 Å². The number of non-ortho nitro benzene ring substituents is 1. The molecule has 1 aliphatic heterocycles. The molecule has 1 aromatic carbocycles. The van der Waals surface area contributed by atoms with Crippen LogP contribution in [0.15, 0.2) is 18.2 Å². The topological polar surface area (TPSA) is 72.2 Å². The number of nitrogens with one attached hydrogen (secondary N) is 1. The molecule has 98 valence electrons. The van der Waals surface area contributed by atoms with Crippen LogP contribution in [0.5, 0.6) is 0 Å². The second-order valence-electron chi connectivity index (χ2n) is 4.19. The zero-order chi connectivity index (χ0) is 13.1. The summed E-state index contributed by atoms with van der Waals surface area (Å²) in [5, 5.41) is 14.2. The predicted octanol–water partition coefficient (Wildman–Crippen LogP) is 2.57. The summed E-state index contributed by atoms with van der Waals surface area (Å²) < 4.78 is 11.2. The van der Waals surface area contributed by atoms with Gasteiger partial charge in [-0.15, -0.1) is 0 Å². The van der Waals surface area contributed by atoms with Gasteiger partial charge in [-0.05, 0) is 18.9 Å². The molecular weight excluding hydrogens is 276 g/mol. The van der Waals surface area contributed by atoms with E-state index in [9.17, 15) is 14.3 Å². The van der Waals surface area contributed by atoms with Gasteiger partial charge in [-0.25, -0.2) is 0 Å². The molecule has 2 rings (SSSR count). The summed E-state index contributed by atoms with van der Waals surface area (Å²) in [6.45, 7) is 0. The number of halogens is 1. The second-order valence-corrected chi connectivity index (χ2v) is 6.29. The van der Waals surface area contributed by atoms with E-state index in [1.54, 1.807) is 6.07 Å². The standard InChI is InChI=1S/C11H13ClN2O3S/c12-10-7-9(14(15)16)1-2-11(10)13-8-3-5-18(17)6-4-8/h1-2,7-8,13H,3-6H2. The molecule has 1 heterocycles. The monoisotopic (exact) mass is 288 g/mol. The lowest BCUT2D eigenvalue weighted by atomic mass is 10.1. The third-order valence-corrected chi connectivity index (χ3v) is 4.61. The molecule has 0 atom stereocenters. The van der Waals surface area contributed by atoms with E-state index in [-0.39, 0.29) is 11.7 Å². The highest BCUT2D eigenvalue weighted by Gasteiger charge is 2.19. The van der Waals surface area contributed by atoms with Crippen molar-refractivity contribution in [1.29, 1.82) is 0 Å². The normalized spacial score (nSPS) is 23.6. The summed E-state index contributed by atoms with van der Waals surface area (Å²) in [4.78, 5) is 10.1. The molecule has 1 aliphatic rings. The van der Waals surface area contributed by atoms with Gasteiger partial charge in [-0.1, -0.05) is 11.6 Å². The van der Waals surface area contributed by atoms with Crippen LogP contribution in [-0.2, 0) is 10.8 Å². The maximum atomic E-state index is 11.2. The lowest BCUT2D eigenvalue weighted by molar-refractivity contribution is -0.384. The molecule has 0 amide bonds. The van der Waals surface area contributed by atoms with E-state index in [2.05, 4.69) is 5.32 Å². The van der Waals surface area contributed by atoms with Crippen molar-refractivity contribution in [3.05, 3.63) is 33.3 Å². The molecule has 1 aromatic rings. The van der Waals surface area contributed by atoms with Crippen LogP contribution < -0.4 is 5.32 Å². The van der Waals surface area contributed by atoms with Crippen molar-refractivity contribution in [1.82, 2.24) is 0 Å². The number of nitrogens with zero attached hydrogens (tertiary/aromatic N) is 1. The average molecular weight is 289 g/mol. The van der Waals surface area contributed by atoms with Crippen LogP contribution >= 0.6 is 11.6 Å². The first kappa shape index (κ1) is 13.3. The summed E-state index contributed by atoms with van der Waals surface area (Å²) in [5.74, 6) is 1.39. The fraction of sp³-hybridized carbons (Fsp3) is 0.455. The lowest BCUT2D eigenvalue weighted by Crippen LogP contribution is -2.29. The Balaban J connectivity index is 2.05. The number of hydrogen-bond acceptors (Lipinski definition) is 4. The van der Waals surface area contributed by atoms with Crippen LogP contribution in [0, 0.1) is 10.1 Å². The van der Waals surface area contributed by atoms with Gasteiger partial charge in [0.05, 0.1) is 15.6 Å². The van der Waals surface area contributed by atoms with Crippen LogP contribution in [0.3, 0.4) is 0 Å². The molecule has 0 spiro atoms. The Hall–Kier alpha value is -1.14. The molecule has 7 heteroatoms. The number of hydrogen-bond donors (Lipinski definition) is 1. The molecule has 0 aromatic heterocycles. The van der Waals surface area contributed by atoms with Gasteiger partial charge in [0, 0.05) is 40.5 Å². The largest absolute Gasteiger partial charge is 0.381 e. The van der Waals surface area contributed by atoms with Crippen molar-refractivity contribution >= 4 is 33.8 Å². The first-order valence-corrected chi connectivity index (χ1v) is 7.48. The van der Waals surface area contributed by atoms with Gasteiger partial charge in [0.25, 0.3) is 5.69 Å². The molecule has 1 fully saturated rings. The maximum absolute atomic E-state index is 11.2. The first-order chi connectivity index (χ1) is 8.56.